The summed E-state index contributed by atoms with van der Waals surface area (Å²) in [6.45, 7) is 10.8. The van der Waals surface area contributed by atoms with Gasteiger partial charge >= 0.3 is 6.21 Å². The van der Waals surface area contributed by atoms with Gasteiger partial charge in [-0.15, -0.1) is 0 Å². The highest BCUT2D eigenvalue weighted by Crippen LogP contribution is 2.30. The number of hydrogen-bond donors (Lipinski definition) is 2. The Hall–Kier alpha value is -8.92. The van der Waals surface area contributed by atoms with Crippen molar-refractivity contribution in [2.75, 3.05) is 41.7 Å². The Labute approximate surface area is 553 Å². The van der Waals surface area contributed by atoms with Crippen LogP contribution in [0.2, 0.25) is 0 Å². The molecule has 2 atom stereocenters. The molecule has 494 valence electrons. The van der Waals surface area contributed by atoms with Crippen molar-refractivity contribution < 1.29 is 62.1 Å². The summed E-state index contributed by atoms with van der Waals surface area (Å²) in [6.07, 6.45) is 7.35. The van der Waals surface area contributed by atoms with Crippen molar-refractivity contribution in [3.05, 3.63) is 203 Å². The van der Waals surface area contributed by atoms with Crippen LogP contribution in [0, 0.1) is 11.3 Å². The van der Waals surface area contributed by atoms with Crippen LogP contribution in [0.25, 0.3) is 22.4 Å². The number of halogens is 2. The molecular weight excluding hydrogens is 1210 g/mol. The minimum Gasteiger partial charge on any atom is -0.508 e. The highest BCUT2D eigenvalue weighted by Gasteiger charge is 2.19. The number of aromatic hydroxyl groups is 2. The van der Waals surface area contributed by atoms with Crippen LogP contribution in [0.4, 0.5) is 0 Å². The molecular formula is C72H90Cl2N6O12. The second-order valence-electron chi connectivity index (χ2n) is 20.8. The Balaban J connectivity index is 0.000000607. The van der Waals surface area contributed by atoms with Gasteiger partial charge in [0.2, 0.25) is 16.9 Å². The van der Waals surface area contributed by atoms with E-state index in [0.717, 1.165) is 87.7 Å². The first-order chi connectivity index (χ1) is 42.7. The zero-order chi connectivity index (χ0) is 65.1. The fraction of sp³-hybridized carbons (Fsp3) is 0.347. The van der Waals surface area contributed by atoms with E-state index in [1.165, 1.54) is 0 Å². The van der Waals surface area contributed by atoms with Crippen LogP contribution in [-0.4, -0.2) is 112 Å². The van der Waals surface area contributed by atoms with Crippen molar-refractivity contribution >= 4 is 52.1 Å². The summed E-state index contributed by atoms with van der Waals surface area (Å²) in [5.41, 5.74) is 16.3. The predicted octanol–water partition coefficient (Wildman–Crippen LogP) is 15.3. The maximum atomic E-state index is 11.7. The lowest BCUT2D eigenvalue weighted by Crippen LogP contribution is -2.22. The minimum atomic E-state index is -0.347. The number of carbonyl (C=O) groups excluding carboxylic acids is 3. The summed E-state index contributed by atoms with van der Waals surface area (Å²) in [5.74, 6) is 3.26. The number of aromatic nitrogens is 3. The van der Waals surface area contributed by atoms with Crippen molar-refractivity contribution in [1.29, 1.82) is 5.26 Å². The third-order valence-electron chi connectivity index (χ3n) is 12.9. The number of carbonyl (C=O) groups is 3. The molecule has 6 aromatic carbocycles. The van der Waals surface area contributed by atoms with Crippen molar-refractivity contribution in [2.45, 2.75) is 126 Å². The van der Waals surface area contributed by atoms with Gasteiger partial charge in [0.25, 0.3) is 0 Å². The number of fused-ring (bicyclic) bond motifs is 1. The highest BCUT2D eigenvalue weighted by atomic mass is 35.5. The number of ether oxygens (including phenoxy) is 6. The van der Waals surface area contributed by atoms with E-state index in [2.05, 4.69) is 15.1 Å². The maximum Gasteiger partial charge on any atom is 0.323 e. The van der Waals surface area contributed by atoms with Crippen LogP contribution >= 0.6 is 23.5 Å². The maximum absolute atomic E-state index is 11.7. The van der Waals surface area contributed by atoms with Gasteiger partial charge in [-0.05, 0) is 160 Å². The number of phenolic OH excluding ortho intramolecular Hbond substituents is 1. The molecule has 2 aromatic heterocycles. The van der Waals surface area contributed by atoms with E-state index in [-0.39, 0.29) is 81.4 Å². The number of methoxy groups -OCH3 is 4. The van der Waals surface area contributed by atoms with E-state index in [1.54, 1.807) is 94.5 Å². The normalized spacial score (nSPS) is 11.9. The molecule has 18 nitrogen and oxygen atoms in total. The van der Waals surface area contributed by atoms with Gasteiger partial charge in [0.15, 0.2) is 11.4 Å². The third kappa shape index (κ3) is 29.8. The summed E-state index contributed by atoms with van der Waals surface area (Å²) >= 11 is 10.2. The second-order valence-corrected chi connectivity index (χ2v) is 21.3. The topological polar surface area (TPSA) is 247 Å². The fourth-order valence-electron chi connectivity index (χ4n) is 8.17. The molecule has 20 heteroatoms. The number of phenols is 1. The monoisotopic (exact) mass is 1300 g/mol. The Kier molecular flexibility index (Phi) is 38.5. The van der Waals surface area contributed by atoms with Crippen LogP contribution in [0.5, 0.6) is 34.6 Å². The molecule has 2 N–H and O–H groups in total. The van der Waals surface area contributed by atoms with Gasteiger partial charge in [0.05, 0.1) is 75.9 Å². The Bertz CT molecular complexity index is 3490. The van der Waals surface area contributed by atoms with E-state index < -0.39 is 0 Å². The van der Waals surface area contributed by atoms with Gasteiger partial charge in [-0.3, -0.25) is 23.1 Å². The lowest BCUT2D eigenvalue weighted by Gasteiger charge is -2.10. The molecule has 2 unspecified atom stereocenters. The average molecular weight is 1300 g/mol. The number of hydrogen-bond acceptors (Lipinski definition) is 15. The molecule has 1 aliphatic rings. The SMILES string of the molecule is C.C.C.CC(C)(C)OCl.CCOC(C)C(=O)Cc1ccc(OC)cc1.COc1ccc(CC(=O)C=[N+]=[N-])cc1.COc1ccc(CC(=O)Cl)cc1.COc1ccc(Cc2nc3c(Cc4ccccc4)nc(-c4ccc(O)cc4)cn3c2O)cc1.N#CCC1CCCO1. The quantitative estimate of drug-likeness (QED) is 0.0312. The van der Waals surface area contributed by atoms with E-state index in [4.69, 9.17) is 72.6 Å². The molecule has 0 saturated carbocycles. The molecule has 0 spiro atoms. The smallest absolute Gasteiger partial charge is 0.323 e. The average Bonchev–Trinajstić information content (AvgIpc) is 1.60. The number of nitrogens with zero attached hydrogens (tertiary/aromatic N) is 6. The molecule has 0 radical (unpaired) electrons. The van der Waals surface area contributed by atoms with E-state index in [0.29, 0.717) is 49.3 Å². The summed E-state index contributed by atoms with van der Waals surface area (Å²) in [5, 5.41) is 28.6. The van der Waals surface area contributed by atoms with E-state index in [9.17, 15) is 24.6 Å². The molecule has 3 heterocycles. The third-order valence-corrected chi connectivity index (χ3v) is 13.4. The van der Waals surface area contributed by atoms with Crippen molar-refractivity contribution in [3.8, 4) is 52.0 Å². The number of ketones is 2. The van der Waals surface area contributed by atoms with E-state index in [1.807, 2.05) is 131 Å². The number of rotatable bonds is 20. The van der Waals surface area contributed by atoms with Crippen LogP contribution in [0.15, 0.2) is 158 Å². The van der Waals surface area contributed by atoms with Crippen molar-refractivity contribution in [3.63, 3.8) is 0 Å². The molecule has 0 aliphatic carbocycles. The van der Waals surface area contributed by atoms with Gasteiger partial charge in [0.1, 0.15) is 40.5 Å². The van der Waals surface area contributed by atoms with Gasteiger partial charge in [-0.25, -0.2) is 9.97 Å². The van der Waals surface area contributed by atoms with Gasteiger partial charge < -0.3 is 44.2 Å². The van der Waals surface area contributed by atoms with Crippen molar-refractivity contribution in [2.24, 2.45) is 0 Å². The lowest BCUT2D eigenvalue weighted by atomic mass is 10.1. The summed E-state index contributed by atoms with van der Waals surface area (Å²) in [4.78, 5) is 45.6. The number of Topliss-reactive ketones (excluding diaryl/α,β-unsaturated/α-hetero) is 2. The zero-order valence-electron chi connectivity index (χ0n) is 51.7. The first-order valence-electron chi connectivity index (χ1n) is 28.5. The lowest BCUT2D eigenvalue weighted by molar-refractivity contribution is -0.128. The zero-order valence-corrected chi connectivity index (χ0v) is 53.2. The molecule has 1 saturated heterocycles. The second kappa shape index (κ2) is 43.7. The molecule has 0 bridgehead atoms. The van der Waals surface area contributed by atoms with Crippen LogP contribution in [-0.2, 0) is 60.3 Å². The summed E-state index contributed by atoms with van der Waals surface area (Å²) in [6, 6.07) is 48.6. The van der Waals surface area contributed by atoms with Crippen molar-refractivity contribution in [1.82, 2.24) is 14.4 Å². The Morgan fingerprint density at radius 2 is 1.16 bits per heavy atom. The minimum absolute atomic E-state index is 0. The molecule has 0 amide bonds. The molecule has 8 aromatic rings. The molecule has 92 heavy (non-hydrogen) atoms. The molecule has 1 fully saturated rings. The van der Waals surface area contributed by atoms with E-state index >= 15 is 0 Å². The standard InChI is InChI=1S/C27H23N3O3.C13H18O3.C10H10N2O2.C9H9ClO2.C6H9NO.C4H9ClO.3CH4/c1-33-22-13-7-19(8-14-22)16-24-27(32)30-17-25(20-9-11-21(31)12-10-20)28-23(26(30)29-24)15-18-5-3-2-4-6-18;1-4-16-10(2)13(14)9-11-5-7-12(15-3)8-6-11;1-14-10-4-2-8(3-5-10)6-9(13)7-12-11;1-12-8-4-2-7(3-5-8)6-9(10)11;7-4-3-6-2-1-5-8-6;1-4(2,3)6-5;;;/h2-14,17,31-32H,15-16H2,1H3;5-8,10H,4,9H2,1-3H3;2-5,7H,6H2,1H3;2-5H,6H2,1H3;6H,1-3,5H2;1-3H3;3*1H4. The number of imidazole rings is 1. The fourth-order valence-corrected chi connectivity index (χ4v) is 8.33. The molecule has 9 rings (SSSR count). The first kappa shape index (κ1) is 81.1. The first-order valence-corrected chi connectivity index (χ1v) is 29.2. The Morgan fingerprint density at radius 1 is 0.707 bits per heavy atom. The number of benzene rings is 6. The number of nitriles is 1. The predicted molar refractivity (Wildman–Crippen MR) is 365 cm³/mol. The van der Waals surface area contributed by atoms with Crippen LogP contribution in [0.3, 0.4) is 0 Å². The molecule has 1 aliphatic heterocycles. The van der Waals surface area contributed by atoms with Gasteiger partial charge in [-0.1, -0.05) is 101 Å². The summed E-state index contributed by atoms with van der Waals surface area (Å²) < 4.78 is 36.7. The van der Waals surface area contributed by atoms with Crippen LogP contribution in [0.1, 0.15) is 115 Å². The van der Waals surface area contributed by atoms with Gasteiger partial charge in [0, 0.05) is 57.1 Å². The largest absolute Gasteiger partial charge is 0.508 e. The van der Waals surface area contributed by atoms with Gasteiger partial charge in [-0.2, -0.15) is 10.1 Å². The summed E-state index contributed by atoms with van der Waals surface area (Å²) in [7, 11) is 6.44. The highest BCUT2D eigenvalue weighted by molar-refractivity contribution is 6.63. The van der Waals surface area contributed by atoms with Crippen LogP contribution < -0.4 is 18.9 Å². The Morgan fingerprint density at radius 3 is 1.59 bits per heavy atom.